The lowest BCUT2D eigenvalue weighted by molar-refractivity contribution is 0.104. The number of hydrogen-bond acceptors (Lipinski definition) is 1. The molecule has 0 aromatic heterocycles. The normalized spacial score (nSPS) is 10.8. The zero-order valence-electron chi connectivity index (χ0n) is 9.44. The Morgan fingerprint density at radius 3 is 2.44 bits per heavy atom. The van der Waals surface area contributed by atoms with Gasteiger partial charge in [-0.15, -0.1) is 0 Å². The lowest BCUT2D eigenvalue weighted by atomic mass is 10.1. The number of halogens is 2. The largest absolute Gasteiger partial charge is 0.289 e. The molecule has 0 heterocycles. The van der Waals surface area contributed by atoms with Gasteiger partial charge in [-0.3, -0.25) is 4.79 Å². The van der Waals surface area contributed by atoms with Crippen LogP contribution < -0.4 is 0 Å². The molecular formula is C15H10ClFO. The molecule has 2 rings (SSSR count). The summed E-state index contributed by atoms with van der Waals surface area (Å²) >= 11 is 5.86. The second kappa shape index (κ2) is 5.61. The van der Waals surface area contributed by atoms with Gasteiger partial charge in [-0.05, 0) is 24.3 Å². The average Bonchev–Trinajstić information content (AvgIpc) is 2.39. The third-order valence-electron chi connectivity index (χ3n) is 2.46. The average molecular weight is 261 g/mol. The fraction of sp³-hybridized carbons (Fsp3) is 0. The van der Waals surface area contributed by atoms with E-state index in [0.29, 0.717) is 5.56 Å². The molecular weight excluding hydrogens is 251 g/mol. The van der Waals surface area contributed by atoms with Crippen LogP contribution >= 0.6 is 11.6 Å². The van der Waals surface area contributed by atoms with Gasteiger partial charge >= 0.3 is 0 Å². The van der Waals surface area contributed by atoms with Gasteiger partial charge in [0.2, 0.25) is 0 Å². The highest BCUT2D eigenvalue weighted by Gasteiger charge is 2.04. The number of allylic oxidation sites excluding steroid dienone is 1. The number of ketones is 1. The Morgan fingerprint density at radius 1 is 1.06 bits per heavy atom. The molecule has 2 aromatic carbocycles. The van der Waals surface area contributed by atoms with Gasteiger partial charge < -0.3 is 0 Å². The van der Waals surface area contributed by atoms with Crippen LogP contribution in [0.5, 0.6) is 0 Å². The van der Waals surface area contributed by atoms with Crippen molar-refractivity contribution in [2.75, 3.05) is 0 Å². The summed E-state index contributed by atoms with van der Waals surface area (Å²) in [6.45, 7) is 0. The highest BCUT2D eigenvalue weighted by molar-refractivity contribution is 6.32. The lowest BCUT2D eigenvalue weighted by Gasteiger charge is -1.99. The van der Waals surface area contributed by atoms with E-state index in [1.54, 1.807) is 30.3 Å². The topological polar surface area (TPSA) is 17.1 Å². The predicted octanol–water partition coefficient (Wildman–Crippen LogP) is 4.38. The van der Waals surface area contributed by atoms with E-state index in [-0.39, 0.29) is 16.4 Å². The first kappa shape index (κ1) is 12.5. The van der Waals surface area contributed by atoms with Crippen LogP contribution in [0.15, 0.2) is 54.6 Å². The minimum absolute atomic E-state index is 0.185. The van der Waals surface area contributed by atoms with E-state index in [4.69, 9.17) is 11.6 Å². The van der Waals surface area contributed by atoms with E-state index in [0.717, 1.165) is 0 Å². The number of benzene rings is 2. The Bertz CT molecular complexity index is 570. The quantitative estimate of drug-likeness (QED) is 0.591. The Morgan fingerprint density at radius 2 is 1.78 bits per heavy atom. The summed E-state index contributed by atoms with van der Waals surface area (Å²) in [6.07, 6.45) is 2.71. The van der Waals surface area contributed by atoms with Crippen LogP contribution in [0.1, 0.15) is 15.9 Å². The van der Waals surface area contributed by atoms with Crippen molar-refractivity contribution >= 4 is 23.5 Å². The summed E-state index contributed by atoms with van der Waals surface area (Å²) in [7, 11) is 0. The molecule has 0 aliphatic carbocycles. The van der Waals surface area contributed by atoms with Crippen LogP contribution in [0.3, 0.4) is 0 Å². The van der Waals surface area contributed by atoms with Crippen molar-refractivity contribution in [1.29, 1.82) is 0 Å². The molecule has 0 saturated heterocycles. The summed E-state index contributed by atoms with van der Waals surface area (Å²) in [4.78, 5) is 11.8. The minimum atomic E-state index is -0.445. The SMILES string of the molecule is O=C(/C=C/c1c(F)cccc1Cl)c1ccccc1. The lowest BCUT2D eigenvalue weighted by Crippen LogP contribution is -1.93. The first-order valence-electron chi connectivity index (χ1n) is 5.40. The van der Waals surface area contributed by atoms with Gasteiger partial charge in [-0.2, -0.15) is 0 Å². The Kier molecular flexibility index (Phi) is 3.90. The predicted molar refractivity (Wildman–Crippen MR) is 71.2 cm³/mol. The maximum Gasteiger partial charge on any atom is 0.185 e. The van der Waals surface area contributed by atoms with Crippen LogP contribution in [0.2, 0.25) is 5.02 Å². The highest BCUT2D eigenvalue weighted by Crippen LogP contribution is 2.20. The maximum absolute atomic E-state index is 13.5. The molecule has 0 fully saturated rings. The number of carbonyl (C=O) groups excluding carboxylic acids is 1. The van der Waals surface area contributed by atoms with E-state index in [1.165, 1.54) is 24.3 Å². The smallest absolute Gasteiger partial charge is 0.185 e. The Balaban J connectivity index is 2.24. The van der Waals surface area contributed by atoms with Gasteiger partial charge in [0.1, 0.15) is 5.82 Å². The summed E-state index contributed by atoms with van der Waals surface area (Å²) in [6, 6.07) is 13.2. The molecule has 2 aromatic rings. The van der Waals surface area contributed by atoms with Crippen molar-refractivity contribution in [2.45, 2.75) is 0 Å². The molecule has 3 heteroatoms. The number of carbonyl (C=O) groups is 1. The number of rotatable bonds is 3. The van der Waals surface area contributed by atoms with E-state index in [1.807, 2.05) is 6.07 Å². The first-order valence-corrected chi connectivity index (χ1v) is 5.78. The van der Waals surface area contributed by atoms with Crippen molar-refractivity contribution in [3.63, 3.8) is 0 Å². The minimum Gasteiger partial charge on any atom is -0.289 e. The zero-order chi connectivity index (χ0) is 13.0. The van der Waals surface area contributed by atoms with Gasteiger partial charge in [0.05, 0.1) is 5.02 Å². The molecule has 0 N–H and O–H groups in total. The van der Waals surface area contributed by atoms with Gasteiger partial charge in [-0.1, -0.05) is 48.0 Å². The van der Waals surface area contributed by atoms with Crippen molar-refractivity contribution in [1.82, 2.24) is 0 Å². The molecule has 18 heavy (non-hydrogen) atoms. The maximum atomic E-state index is 13.5. The molecule has 0 spiro atoms. The van der Waals surface area contributed by atoms with E-state index >= 15 is 0 Å². The van der Waals surface area contributed by atoms with Crippen molar-refractivity contribution in [3.05, 3.63) is 76.6 Å². The highest BCUT2D eigenvalue weighted by atomic mass is 35.5. The van der Waals surface area contributed by atoms with Crippen LogP contribution in [0.25, 0.3) is 6.08 Å². The fourth-order valence-corrected chi connectivity index (χ4v) is 1.75. The van der Waals surface area contributed by atoms with Gasteiger partial charge in [-0.25, -0.2) is 4.39 Å². The molecule has 0 radical (unpaired) electrons. The van der Waals surface area contributed by atoms with Crippen LogP contribution in [-0.2, 0) is 0 Å². The standard InChI is InChI=1S/C15H10ClFO/c16-13-7-4-8-14(17)12(13)9-10-15(18)11-5-2-1-3-6-11/h1-10H/b10-9+. The third kappa shape index (κ3) is 2.84. The van der Waals surface area contributed by atoms with Crippen molar-refractivity contribution < 1.29 is 9.18 Å². The molecule has 0 aliphatic rings. The van der Waals surface area contributed by atoms with Gasteiger partial charge in [0.25, 0.3) is 0 Å². The van der Waals surface area contributed by atoms with E-state index in [9.17, 15) is 9.18 Å². The summed E-state index contributed by atoms with van der Waals surface area (Å²) < 4.78 is 13.5. The number of hydrogen-bond donors (Lipinski definition) is 0. The monoisotopic (exact) mass is 260 g/mol. The van der Waals surface area contributed by atoms with Crippen LogP contribution in [0, 0.1) is 5.82 Å². The van der Waals surface area contributed by atoms with Gasteiger partial charge in [0, 0.05) is 11.1 Å². The summed E-state index contributed by atoms with van der Waals surface area (Å²) in [5.41, 5.74) is 0.782. The van der Waals surface area contributed by atoms with E-state index < -0.39 is 5.82 Å². The first-order chi connectivity index (χ1) is 8.68. The molecule has 0 aliphatic heterocycles. The second-order valence-corrected chi connectivity index (χ2v) is 4.11. The zero-order valence-corrected chi connectivity index (χ0v) is 10.2. The Labute approximate surface area is 110 Å². The molecule has 90 valence electrons. The van der Waals surface area contributed by atoms with Crippen LogP contribution in [-0.4, -0.2) is 5.78 Å². The molecule has 0 bridgehead atoms. The summed E-state index contributed by atoms with van der Waals surface area (Å²) in [5, 5.41) is 0.284. The third-order valence-corrected chi connectivity index (χ3v) is 2.79. The van der Waals surface area contributed by atoms with Crippen molar-refractivity contribution in [2.24, 2.45) is 0 Å². The van der Waals surface area contributed by atoms with Crippen molar-refractivity contribution in [3.8, 4) is 0 Å². The fourth-order valence-electron chi connectivity index (χ4n) is 1.53. The van der Waals surface area contributed by atoms with E-state index in [2.05, 4.69) is 0 Å². The molecule has 0 atom stereocenters. The van der Waals surface area contributed by atoms with Gasteiger partial charge in [0.15, 0.2) is 5.78 Å². The molecule has 0 saturated carbocycles. The van der Waals surface area contributed by atoms with Crippen LogP contribution in [0.4, 0.5) is 4.39 Å². The molecule has 0 unspecified atom stereocenters. The molecule has 0 amide bonds. The summed E-state index contributed by atoms with van der Waals surface area (Å²) in [5.74, 6) is -0.630. The molecule has 1 nitrogen and oxygen atoms in total. The second-order valence-electron chi connectivity index (χ2n) is 3.70. The Hall–Kier alpha value is -1.93.